The fraction of sp³-hybridized carbons (Fsp3) is 0.632. The van der Waals surface area contributed by atoms with Gasteiger partial charge in [0.05, 0.1) is 19.3 Å². The summed E-state index contributed by atoms with van der Waals surface area (Å²) in [6.45, 7) is 6.70. The summed E-state index contributed by atoms with van der Waals surface area (Å²) in [6.07, 6.45) is 2.32. The highest BCUT2D eigenvalue weighted by Gasteiger charge is 2.31. The SMILES string of the molecule is CC1CN(C(=O)CN2CCCC2c2ccc3c(c2)OCCO3)CCO1. The van der Waals surface area contributed by atoms with E-state index < -0.39 is 0 Å². The van der Waals surface area contributed by atoms with Crippen molar-refractivity contribution in [2.75, 3.05) is 46.0 Å². The summed E-state index contributed by atoms with van der Waals surface area (Å²) in [5, 5.41) is 0. The van der Waals surface area contributed by atoms with Crippen LogP contribution in [0.4, 0.5) is 0 Å². The molecule has 1 amide bonds. The number of fused-ring (bicyclic) bond motifs is 1. The highest BCUT2D eigenvalue weighted by molar-refractivity contribution is 5.78. The maximum Gasteiger partial charge on any atom is 0.236 e. The van der Waals surface area contributed by atoms with Crippen LogP contribution in [-0.2, 0) is 9.53 Å². The van der Waals surface area contributed by atoms with Crippen LogP contribution in [0.3, 0.4) is 0 Å². The minimum Gasteiger partial charge on any atom is -0.486 e. The molecule has 0 saturated carbocycles. The first-order valence-corrected chi connectivity index (χ1v) is 9.23. The number of carbonyl (C=O) groups excluding carboxylic acids is 1. The standard InChI is InChI=1S/C19H26N2O4/c1-14-12-21(7-8-23-14)19(22)13-20-6-2-3-16(20)15-4-5-17-18(11-15)25-10-9-24-17/h4-5,11,14,16H,2-3,6-10,12-13H2,1H3. The largest absolute Gasteiger partial charge is 0.486 e. The van der Waals surface area contributed by atoms with Crippen LogP contribution in [0.2, 0.25) is 0 Å². The van der Waals surface area contributed by atoms with Crippen LogP contribution in [0, 0.1) is 0 Å². The van der Waals surface area contributed by atoms with E-state index in [2.05, 4.69) is 17.0 Å². The van der Waals surface area contributed by atoms with Crippen LogP contribution >= 0.6 is 0 Å². The molecule has 1 aromatic rings. The Bertz CT molecular complexity index is 636. The van der Waals surface area contributed by atoms with Gasteiger partial charge in [-0.15, -0.1) is 0 Å². The van der Waals surface area contributed by atoms with Crippen molar-refractivity contribution in [2.24, 2.45) is 0 Å². The number of carbonyl (C=O) groups is 1. The molecule has 0 radical (unpaired) electrons. The Kier molecular flexibility index (Phi) is 4.81. The van der Waals surface area contributed by atoms with Crippen molar-refractivity contribution in [3.8, 4) is 11.5 Å². The fourth-order valence-corrected chi connectivity index (χ4v) is 3.98. The van der Waals surface area contributed by atoms with Gasteiger partial charge in [0.1, 0.15) is 13.2 Å². The molecule has 0 N–H and O–H groups in total. The van der Waals surface area contributed by atoms with Crippen molar-refractivity contribution in [2.45, 2.75) is 31.9 Å². The second-order valence-electron chi connectivity index (χ2n) is 7.05. The molecule has 3 aliphatic rings. The molecule has 1 aromatic carbocycles. The van der Waals surface area contributed by atoms with E-state index in [4.69, 9.17) is 14.2 Å². The third kappa shape index (κ3) is 3.60. The highest BCUT2D eigenvalue weighted by atomic mass is 16.6. The highest BCUT2D eigenvalue weighted by Crippen LogP contribution is 2.37. The minimum atomic E-state index is 0.130. The van der Waals surface area contributed by atoms with Gasteiger partial charge in [-0.3, -0.25) is 9.69 Å². The van der Waals surface area contributed by atoms with Crippen LogP contribution in [0.1, 0.15) is 31.4 Å². The quantitative estimate of drug-likeness (QED) is 0.836. The number of morpholine rings is 1. The molecule has 6 heteroatoms. The number of hydrogen-bond donors (Lipinski definition) is 0. The van der Waals surface area contributed by atoms with E-state index in [-0.39, 0.29) is 18.1 Å². The number of benzene rings is 1. The van der Waals surface area contributed by atoms with Gasteiger partial charge in [-0.25, -0.2) is 0 Å². The van der Waals surface area contributed by atoms with Gasteiger partial charge in [-0.2, -0.15) is 0 Å². The third-order valence-corrected chi connectivity index (χ3v) is 5.25. The number of rotatable bonds is 3. The lowest BCUT2D eigenvalue weighted by Gasteiger charge is -2.33. The van der Waals surface area contributed by atoms with E-state index >= 15 is 0 Å². The van der Waals surface area contributed by atoms with Gasteiger partial charge in [-0.1, -0.05) is 6.07 Å². The van der Waals surface area contributed by atoms with Gasteiger partial charge in [0.2, 0.25) is 5.91 Å². The second kappa shape index (κ2) is 7.22. The maximum absolute atomic E-state index is 12.7. The molecule has 2 fully saturated rings. The molecule has 136 valence electrons. The van der Waals surface area contributed by atoms with Gasteiger partial charge in [0.15, 0.2) is 11.5 Å². The molecule has 0 aliphatic carbocycles. The molecule has 2 unspecified atom stereocenters. The Morgan fingerprint density at radius 2 is 2.00 bits per heavy atom. The zero-order valence-corrected chi connectivity index (χ0v) is 14.8. The predicted molar refractivity (Wildman–Crippen MR) is 93.0 cm³/mol. The molecule has 3 heterocycles. The van der Waals surface area contributed by atoms with Crippen molar-refractivity contribution in [3.63, 3.8) is 0 Å². The predicted octanol–water partition coefficient (Wildman–Crippen LogP) is 1.84. The summed E-state index contributed by atoms with van der Waals surface area (Å²) in [6, 6.07) is 6.46. The van der Waals surface area contributed by atoms with Crippen LogP contribution < -0.4 is 9.47 Å². The van der Waals surface area contributed by atoms with E-state index in [0.717, 1.165) is 30.9 Å². The summed E-state index contributed by atoms with van der Waals surface area (Å²) >= 11 is 0. The van der Waals surface area contributed by atoms with E-state index in [0.29, 0.717) is 39.5 Å². The van der Waals surface area contributed by atoms with E-state index in [9.17, 15) is 4.79 Å². The Labute approximate surface area is 148 Å². The first-order chi connectivity index (χ1) is 12.2. The average Bonchev–Trinajstić information content (AvgIpc) is 3.09. The molecule has 25 heavy (non-hydrogen) atoms. The van der Waals surface area contributed by atoms with E-state index in [1.165, 1.54) is 5.56 Å². The van der Waals surface area contributed by atoms with Gasteiger partial charge in [0.25, 0.3) is 0 Å². The monoisotopic (exact) mass is 346 g/mol. The zero-order chi connectivity index (χ0) is 17.2. The van der Waals surface area contributed by atoms with Crippen LogP contribution in [-0.4, -0.2) is 67.8 Å². The fourth-order valence-electron chi connectivity index (χ4n) is 3.98. The lowest BCUT2D eigenvalue weighted by atomic mass is 10.0. The van der Waals surface area contributed by atoms with E-state index in [1.807, 2.05) is 17.9 Å². The molecule has 3 aliphatic heterocycles. The normalized spacial score (nSPS) is 26.7. The second-order valence-corrected chi connectivity index (χ2v) is 7.05. The van der Waals surface area contributed by atoms with Crippen molar-refractivity contribution >= 4 is 5.91 Å². The Balaban J connectivity index is 1.44. The minimum absolute atomic E-state index is 0.130. The van der Waals surface area contributed by atoms with Crippen molar-refractivity contribution in [1.82, 2.24) is 9.80 Å². The van der Waals surface area contributed by atoms with Crippen LogP contribution in [0.15, 0.2) is 18.2 Å². The van der Waals surface area contributed by atoms with Crippen molar-refractivity contribution in [3.05, 3.63) is 23.8 Å². The topological polar surface area (TPSA) is 51.2 Å². The lowest BCUT2D eigenvalue weighted by Crippen LogP contribution is -2.48. The number of likely N-dealkylation sites (tertiary alicyclic amines) is 1. The molecule has 0 spiro atoms. The van der Waals surface area contributed by atoms with Crippen molar-refractivity contribution in [1.29, 1.82) is 0 Å². The smallest absolute Gasteiger partial charge is 0.236 e. The summed E-state index contributed by atoms with van der Waals surface area (Å²) in [5.41, 5.74) is 1.21. The Morgan fingerprint density at radius 3 is 2.84 bits per heavy atom. The van der Waals surface area contributed by atoms with Crippen molar-refractivity contribution < 1.29 is 19.0 Å². The molecule has 6 nitrogen and oxygen atoms in total. The number of amides is 1. The van der Waals surface area contributed by atoms with Gasteiger partial charge in [-0.05, 0) is 44.0 Å². The molecular weight excluding hydrogens is 320 g/mol. The summed E-state index contributed by atoms with van der Waals surface area (Å²) < 4.78 is 16.9. The van der Waals surface area contributed by atoms with E-state index in [1.54, 1.807) is 0 Å². The van der Waals surface area contributed by atoms with Crippen LogP contribution in [0.5, 0.6) is 11.5 Å². The summed E-state index contributed by atoms with van der Waals surface area (Å²) in [5.74, 6) is 1.85. The summed E-state index contributed by atoms with van der Waals surface area (Å²) in [4.78, 5) is 16.9. The Hall–Kier alpha value is -1.79. The first-order valence-electron chi connectivity index (χ1n) is 9.23. The third-order valence-electron chi connectivity index (χ3n) is 5.25. The number of hydrogen-bond acceptors (Lipinski definition) is 5. The average molecular weight is 346 g/mol. The Morgan fingerprint density at radius 1 is 1.16 bits per heavy atom. The van der Waals surface area contributed by atoms with Gasteiger partial charge in [0, 0.05) is 19.1 Å². The first kappa shape index (κ1) is 16.7. The number of ether oxygens (including phenoxy) is 3. The molecule has 0 bridgehead atoms. The molecule has 2 saturated heterocycles. The van der Waals surface area contributed by atoms with Gasteiger partial charge < -0.3 is 19.1 Å². The zero-order valence-electron chi connectivity index (χ0n) is 14.8. The van der Waals surface area contributed by atoms with Crippen LogP contribution in [0.25, 0.3) is 0 Å². The molecule has 2 atom stereocenters. The molecule has 0 aromatic heterocycles. The molecular formula is C19H26N2O4. The molecule has 4 rings (SSSR count). The summed E-state index contributed by atoms with van der Waals surface area (Å²) in [7, 11) is 0. The van der Waals surface area contributed by atoms with Gasteiger partial charge >= 0.3 is 0 Å². The maximum atomic E-state index is 12.7. The number of nitrogens with zero attached hydrogens (tertiary/aromatic N) is 2. The lowest BCUT2D eigenvalue weighted by molar-refractivity contribution is -0.139.